The molecule has 0 saturated heterocycles. The molecule has 0 amide bonds. The van der Waals surface area contributed by atoms with Gasteiger partial charge in [-0.3, -0.25) is 9.78 Å². The van der Waals surface area contributed by atoms with Crippen molar-refractivity contribution in [1.82, 2.24) is 4.98 Å². The summed E-state index contributed by atoms with van der Waals surface area (Å²) in [5.74, 6) is -0.922. The molecule has 1 aromatic rings. The van der Waals surface area contributed by atoms with Crippen molar-refractivity contribution in [3.05, 3.63) is 29.1 Å². The summed E-state index contributed by atoms with van der Waals surface area (Å²) in [6.45, 7) is 1.54. The minimum absolute atomic E-state index is 0.0118. The highest BCUT2D eigenvalue weighted by molar-refractivity contribution is 5.66. The Bertz CT molecular complexity index is 416. The first kappa shape index (κ1) is 13.5. The summed E-state index contributed by atoms with van der Waals surface area (Å²) in [7, 11) is 0. The topological polar surface area (TPSA) is 50.2 Å². The molecule has 1 N–H and O–H groups in total. The number of pyridine rings is 1. The second kappa shape index (κ2) is 5.16. The van der Waals surface area contributed by atoms with Gasteiger partial charge < -0.3 is 5.11 Å². The first-order chi connectivity index (χ1) is 7.80. The lowest BCUT2D eigenvalue weighted by Gasteiger charge is -2.09. The number of aromatic nitrogens is 1. The quantitative estimate of drug-likeness (QED) is 0.890. The number of alkyl halides is 3. The lowest BCUT2D eigenvalue weighted by Crippen LogP contribution is -2.08. The molecule has 17 heavy (non-hydrogen) atoms. The Morgan fingerprint density at radius 1 is 1.47 bits per heavy atom. The van der Waals surface area contributed by atoms with Crippen molar-refractivity contribution in [2.24, 2.45) is 0 Å². The van der Waals surface area contributed by atoms with Crippen LogP contribution in [0.5, 0.6) is 0 Å². The zero-order valence-corrected chi connectivity index (χ0v) is 9.21. The maximum absolute atomic E-state index is 12.3. The maximum Gasteiger partial charge on any atom is 0.417 e. The Labute approximate surface area is 96.3 Å². The average molecular weight is 247 g/mol. The highest BCUT2D eigenvalue weighted by Gasteiger charge is 2.31. The third-order valence-corrected chi connectivity index (χ3v) is 2.32. The van der Waals surface area contributed by atoms with Crippen LogP contribution in [0.1, 0.15) is 29.7 Å². The predicted octanol–water partition coefficient (Wildman–Crippen LogP) is 2.82. The van der Waals surface area contributed by atoms with Crippen LogP contribution in [0.3, 0.4) is 0 Å². The number of carbonyl (C=O) groups is 1. The van der Waals surface area contributed by atoms with Crippen LogP contribution in [-0.4, -0.2) is 16.1 Å². The standard InChI is InChI=1S/C11H12F3NO2/c1-7-5-8(11(12,13)14)6-15-9(7)3-2-4-10(16)17/h5-6H,2-4H2,1H3,(H,16,17). The molecule has 3 nitrogen and oxygen atoms in total. The van der Waals surface area contributed by atoms with Gasteiger partial charge in [0.2, 0.25) is 0 Å². The summed E-state index contributed by atoms with van der Waals surface area (Å²) < 4.78 is 37.0. The van der Waals surface area contributed by atoms with Crippen LogP contribution in [0.4, 0.5) is 13.2 Å². The molecule has 0 aliphatic heterocycles. The van der Waals surface area contributed by atoms with Gasteiger partial charge >= 0.3 is 12.1 Å². The number of carboxylic acids is 1. The molecule has 94 valence electrons. The van der Waals surface area contributed by atoms with Crippen molar-refractivity contribution in [3.8, 4) is 0 Å². The molecule has 6 heteroatoms. The number of rotatable bonds is 4. The van der Waals surface area contributed by atoms with E-state index in [0.717, 1.165) is 12.3 Å². The van der Waals surface area contributed by atoms with Crippen LogP contribution in [0, 0.1) is 6.92 Å². The van der Waals surface area contributed by atoms with E-state index < -0.39 is 17.7 Å². The van der Waals surface area contributed by atoms with E-state index in [4.69, 9.17) is 5.11 Å². The fourth-order valence-electron chi connectivity index (χ4n) is 1.43. The molecule has 0 bridgehead atoms. The zero-order chi connectivity index (χ0) is 13.1. The summed E-state index contributed by atoms with van der Waals surface area (Å²) >= 11 is 0. The van der Waals surface area contributed by atoms with Gasteiger partial charge in [-0.2, -0.15) is 13.2 Å². The molecule has 0 aliphatic carbocycles. The first-order valence-corrected chi connectivity index (χ1v) is 5.05. The van der Waals surface area contributed by atoms with Crippen molar-refractivity contribution in [2.75, 3.05) is 0 Å². The number of carboxylic acid groups (broad SMARTS) is 1. The monoisotopic (exact) mass is 247 g/mol. The van der Waals surface area contributed by atoms with Gasteiger partial charge in [0.05, 0.1) is 5.56 Å². The normalized spacial score (nSPS) is 11.5. The number of hydrogen-bond donors (Lipinski definition) is 1. The number of hydrogen-bond acceptors (Lipinski definition) is 2. The summed E-state index contributed by atoms with van der Waals surface area (Å²) in [6, 6.07) is 1.03. The number of aliphatic carboxylic acids is 1. The van der Waals surface area contributed by atoms with Crippen LogP contribution in [0.15, 0.2) is 12.3 Å². The lowest BCUT2D eigenvalue weighted by molar-refractivity contribution is -0.138. The summed E-state index contributed by atoms with van der Waals surface area (Å²) in [5.41, 5.74) is 0.168. The number of aryl methyl sites for hydroxylation is 2. The van der Waals surface area contributed by atoms with Gasteiger partial charge in [-0.05, 0) is 31.4 Å². The molecular weight excluding hydrogens is 235 g/mol. The van der Waals surface area contributed by atoms with Gasteiger partial charge in [0, 0.05) is 18.3 Å². The van der Waals surface area contributed by atoms with E-state index >= 15 is 0 Å². The Hall–Kier alpha value is -1.59. The van der Waals surface area contributed by atoms with Crippen molar-refractivity contribution >= 4 is 5.97 Å². The highest BCUT2D eigenvalue weighted by Crippen LogP contribution is 2.29. The molecule has 0 unspecified atom stereocenters. The van der Waals surface area contributed by atoms with Gasteiger partial charge in [-0.15, -0.1) is 0 Å². The fourth-order valence-corrected chi connectivity index (χ4v) is 1.43. The van der Waals surface area contributed by atoms with Gasteiger partial charge in [-0.25, -0.2) is 0 Å². The Morgan fingerprint density at radius 3 is 2.59 bits per heavy atom. The second-order valence-electron chi connectivity index (χ2n) is 3.73. The van der Waals surface area contributed by atoms with E-state index in [9.17, 15) is 18.0 Å². The van der Waals surface area contributed by atoms with Gasteiger partial charge in [-0.1, -0.05) is 0 Å². The molecule has 0 aromatic carbocycles. The molecule has 1 rings (SSSR count). The molecule has 0 fully saturated rings. The third-order valence-electron chi connectivity index (χ3n) is 2.32. The van der Waals surface area contributed by atoms with E-state index in [0.29, 0.717) is 24.1 Å². The molecule has 0 aliphatic rings. The van der Waals surface area contributed by atoms with Gasteiger partial charge in [0.15, 0.2) is 0 Å². The number of nitrogens with zero attached hydrogens (tertiary/aromatic N) is 1. The van der Waals surface area contributed by atoms with Crippen LogP contribution in [-0.2, 0) is 17.4 Å². The van der Waals surface area contributed by atoms with Crippen LogP contribution in [0.2, 0.25) is 0 Å². The largest absolute Gasteiger partial charge is 0.481 e. The van der Waals surface area contributed by atoms with Crippen molar-refractivity contribution in [3.63, 3.8) is 0 Å². The number of halogens is 3. The maximum atomic E-state index is 12.3. The van der Waals surface area contributed by atoms with Crippen LogP contribution in [0.25, 0.3) is 0 Å². The van der Waals surface area contributed by atoms with Crippen LogP contribution < -0.4 is 0 Å². The smallest absolute Gasteiger partial charge is 0.417 e. The molecule has 0 atom stereocenters. The van der Waals surface area contributed by atoms with E-state index in [1.165, 1.54) is 0 Å². The van der Waals surface area contributed by atoms with Crippen LogP contribution >= 0.6 is 0 Å². The Morgan fingerprint density at radius 2 is 2.12 bits per heavy atom. The van der Waals surface area contributed by atoms with E-state index in [1.54, 1.807) is 6.92 Å². The molecule has 1 heterocycles. The minimum atomic E-state index is -4.39. The lowest BCUT2D eigenvalue weighted by atomic mass is 10.1. The second-order valence-corrected chi connectivity index (χ2v) is 3.73. The molecule has 1 aromatic heterocycles. The minimum Gasteiger partial charge on any atom is -0.481 e. The first-order valence-electron chi connectivity index (χ1n) is 5.05. The Kier molecular flexibility index (Phi) is 4.09. The van der Waals surface area contributed by atoms with Gasteiger partial charge in [0.1, 0.15) is 0 Å². The average Bonchev–Trinajstić information content (AvgIpc) is 2.18. The van der Waals surface area contributed by atoms with Gasteiger partial charge in [0.25, 0.3) is 0 Å². The SMILES string of the molecule is Cc1cc(C(F)(F)F)cnc1CCCC(=O)O. The van der Waals surface area contributed by atoms with Crippen molar-refractivity contribution in [1.29, 1.82) is 0 Å². The summed E-state index contributed by atoms with van der Waals surface area (Å²) in [6.07, 6.45) is -2.88. The van der Waals surface area contributed by atoms with E-state index in [2.05, 4.69) is 4.98 Å². The Balaban J connectivity index is 2.73. The molecule has 0 spiro atoms. The van der Waals surface area contributed by atoms with E-state index in [-0.39, 0.29) is 6.42 Å². The molecular formula is C11H12F3NO2. The third kappa shape index (κ3) is 4.05. The molecule has 0 radical (unpaired) electrons. The fraction of sp³-hybridized carbons (Fsp3) is 0.455. The highest BCUT2D eigenvalue weighted by atomic mass is 19.4. The molecule has 0 saturated carbocycles. The summed E-state index contributed by atoms with van der Waals surface area (Å²) in [5, 5.41) is 8.44. The van der Waals surface area contributed by atoms with E-state index in [1.807, 2.05) is 0 Å². The predicted molar refractivity (Wildman–Crippen MR) is 54.5 cm³/mol. The zero-order valence-electron chi connectivity index (χ0n) is 9.21. The van der Waals surface area contributed by atoms with Crippen molar-refractivity contribution in [2.45, 2.75) is 32.4 Å². The summed E-state index contributed by atoms with van der Waals surface area (Å²) in [4.78, 5) is 14.0. The van der Waals surface area contributed by atoms with Crippen molar-refractivity contribution < 1.29 is 23.1 Å².